The lowest BCUT2D eigenvalue weighted by atomic mass is 10.1. The fraction of sp³-hybridized carbons (Fsp3) is 0.300. The zero-order valence-corrected chi connectivity index (χ0v) is 16.2. The molecule has 0 radical (unpaired) electrons. The average molecular weight is 392 g/mol. The molecule has 0 unspecified atom stereocenters. The summed E-state index contributed by atoms with van der Waals surface area (Å²) in [5, 5.41) is 17.2. The number of benzene rings is 2. The van der Waals surface area contributed by atoms with Crippen molar-refractivity contribution in [2.24, 2.45) is 0 Å². The summed E-state index contributed by atoms with van der Waals surface area (Å²) in [7, 11) is 6.11. The summed E-state index contributed by atoms with van der Waals surface area (Å²) in [6.45, 7) is 0. The highest BCUT2D eigenvalue weighted by Crippen LogP contribution is 2.28. The Bertz CT molecular complexity index is 733. The predicted molar refractivity (Wildman–Crippen MR) is 102 cm³/mol. The van der Waals surface area contributed by atoms with Gasteiger partial charge in [-0.1, -0.05) is 12.1 Å². The number of carboxylic acids is 2. The van der Waals surface area contributed by atoms with E-state index in [4.69, 9.17) is 29.2 Å². The Morgan fingerprint density at radius 2 is 0.964 bits per heavy atom. The van der Waals surface area contributed by atoms with Gasteiger partial charge in [-0.05, 0) is 35.4 Å². The summed E-state index contributed by atoms with van der Waals surface area (Å²) in [5.74, 6) is 0.565. The van der Waals surface area contributed by atoms with E-state index in [1.165, 1.54) is 28.4 Å². The minimum atomic E-state index is -0.864. The molecule has 8 heteroatoms. The van der Waals surface area contributed by atoms with Gasteiger partial charge < -0.3 is 29.2 Å². The normalized spacial score (nSPS) is 9.57. The molecule has 2 N–H and O–H groups in total. The van der Waals surface area contributed by atoms with Crippen LogP contribution in [0, 0.1) is 0 Å². The lowest BCUT2D eigenvalue weighted by Gasteiger charge is -2.08. The van der Waals surface area contributed by atoms with Crippen molar-refractivity contribution < 1.29 is 38.7 Å². The first-order valence-corrected chi connectivity index (χ1v) is 8.20. The monoisotopic (exact) mass is 392 g/mol. The number of ether oxygens (including phenoxy) is 4. The quantitative estimate of drug-likeness (QED) is 0.705. The third-order valence-corrected chi connectivity index (χ3v) is 3.61. The summed E-state index contributed by atoms with van der Waals surface area (Å²) >= 11 is 0. The number of hydrogen-bond acceptors (Lipinski definition) is 6. The molecule has 28 heavy (non-hydrogen) atoms. The molecular formula is C20H24O8. The fourth-order valence-corrected chi connectivity index (χ4v) is 2.33. The van der Waals surface area contributed by atoms with Crippen molar-refractivity contribution in [3.8, 4) is 23.0 Å². The van der Waals surface area contributed by atoms with Gasteiger partial charge in [0.1, 0.15) is 0 Å². The van der Waals surface area contributed by atoms with Crippen molar-refractivity contribution in [3.63, 3.8) is 0 Å². The maximum absolute atomic E-state index is 10.5. The molecular weight excluding hydrogens is 368 g/mol. The second kappa shape index (κ2) is 11.3. The van der Waals surface area contributed by atoms with Crippen molar-refractivity contribution in [3.05, 3.63) is 47.5 Å². The molecule has 0 saturated heterocycles. The van der Waals surface area contributed by atoms with Gasteiger partial charge in [-0.2, -0.15) is 0 Å². The highest BCUT2D eigenvalue weighted by molar-refractivity contribution is 5.71. The van der Waals surface area contributed by atoms with Gasteiger partial charge >= 0.3 is 11.9 Å². The third kappa shape index (κ3) is 7.06. The van der Waals surface area contributed by atoms with Crippen molar-refractivity contribution in [1.29, 1.82) is 0 Å². The van der Waals surface area contributed by atoms with E-state index in [1.807, 2.05) is 0 Å². The first-order valence-electron chi connectivity index (χ1n) is 8.20. The lowest BCUT2D eigenvalue weighted by molar-refractivity contribution is -0.137. The largest absolute Gasteiger partial charge is 0.493 e. The first kappa shape index (κ1) is 22.6. The van der Waals surface area contributed by atoms with Gasteiger partial charge in [-0.3, -0.25) is 9.59 Å². The molecule has 0 aliphatic rings. The minimum absolute atomic E-state index is 0.0135. The van der Waals surface area contributed by atoms with E-state index in [0.29, 0.717) is 34.1 Å². The van der Waals surface area contributed by atoms with Crippen molar-refractivity contribution >= 4 is 11.9 Å². The molecule has 0 amide bonds. The SMILES string of the molecule is COc1ccc(CC(=O)O)cc1OC.COc1ccc(CC(=O)O)cc1OC. The maximum atomic E-state index is 10.5. The van der Waals surface area contributed by atoms with Gasteiger partial charge in [-0.15, -0.1) is 0 Å². The van der Waals surface area contributed by atoms with Crippen LogP contribution in [0.25, 0.3) is 0 Å². The number of carbonyl (C=O) groups is 2. The molecule has 0 aromatic heterocycles. The Hall–Kier alpha value is -3.42. The molecule has 0 bridgehead atoms. The second-order valence-electron chi connectivity index (χ2n) is 5.52. The number of rotatable bonds is 8. The van der Waals surface area contributed by atoms with Gasteiger partial charge in [0.2, 0.25) is 0 Å². The fourth-order valence-electron chi connectivity index (χ4n) is 2.33. The average Bonchev–Trinajstić information content (AvgIpc) is 2.67. The summed E-state index contributed by atoms with van der Waals surface area (Å²) in [5.41, 5.74) is 1.38. The van der Waals surface area contributed by atoms with Crippen LogP contribution >= 0.6 is 0 Å². The van der Waals surface area contributed by atoms with Crippen LogP contribution in [-0.2, 0) is 22.4 Å². The summed E-state index contributed by atoms with van der Waals surface area (Å²) in [6.07, 6.45) is -0.0271. The zero-order chi connectivity index (χ0) is 21.1. The number of aliphatic carboxylic acids is 2. The second-order valence-corrected chi connectivity index (χ2v) is 5.52. The van der Waals surface area contributed by atoms with Crippen LogP contribution in [0.1, 0.15) is 11.1 Å². The molecule has 2 aromatic carbocycles. The Balaban J connectivity index is 0.000000280. The molecule has 0 heterocycles. The standard InChI is InChI=1S/2C10H12O4/c2*1-13-8-4-3-7(6-10(11)12)5-9(8)14-2/h2*3-5H,6H2,1-2H3,(H,11,12). The summed E-state index contributed by atoms with van der Waals surface area (Å²) in [6, 6.07) is 10.1. The molecule has 2 rings (SSSR count). The first-order chi connectivity index (χ1) is 13.3. The number of hydrogen-bond donors (Lipinski definition) is 2. The van der Waals surface area contributed by atoms with E-state index < -0.39 is 11.9 Å². The molecule has 152 valence electrons. The highest BCUT2D eigenvalue weighted by atomic mass is 16.5. The summed E-state index contributed by atoms with van der Waals surface area (Å²) in [4.78, 5) is 20.9. The van der Waals surface area contributed by atoms with Crippen LogP contribution in [0.15, 0.2) is 36.4 Å². The molecule has 0 fully saturated rings. The highest BCUT2D eigenvalue weighted by Gasteiger charge is 2.07. The van der Waals surface area contributed by atoms with E-state index in [1.54, 1.807) is 36.4 Å². The maximum Gasteiger partial charge on any atom is 0.307 e. The van der Waals surface area contributed by atoms with Gasteiger partial charge in [0.25, 0.3) is 0 Å². The minimum Gasteiger partial charge on any atom is -0.493 e. The van der Waals surface area contributed by atoms with E-state index in [0.717, 1.165) is 0 Å². The van der Waals surface area contributed by atoms with Crippen molar-refractivity contribution in [2.45, 2.75) is 12.8 Å². The van der Waals surface area contributed by atoms with Crippen molar-refractivity contribution in [1.82, 2.24) is 0 Å². The molecule has 0 atom stereocenters. The molecule has 0 aliphatic carbocycles. The third-order valence-electron chi connectivity index (χ3n) is 3.61. The number of carboxylic acid groups (broad SMARTS) is 2. The zero-order valence-electron chi connectivity index (χ0n) is 16.2. The molecule has 2 aromatic rings. The van der Waals surface area contributed by atoms with E-state index in [-0.39, 0.29) is 12.8 Å². The van der Waals surface area contributed by atoms with Gasteiger partial charge in [0, 0.05) is 0 Å². The van der Waals surface area contributed by atoms with E-state index in [9.17, 15) is 9.59 Å². The van der Waals surface area contributed by atoms with E-state index >= 15 is 0 Å². The van der Waals surface area contributed by atoms with Crippen LogP contribution in [0.5, 0.6) is 23.0 Å². The lowest BCUT2D eigenvalue weighted by Crippen LogP contribution is -2.00. The summed E-state index contributed by atoms with van der Waals surface area (Å²) < 4.78 is 20.1. The van der Waals surface area contributed by atoms with Gasteiger partial charge in [0.15, 0.2) is 23.0 Å². The molecule has 0 saturated carbocycles. The van der Waals surface area contributed by atoms with E-state index in [2.05, 4.69) is 0 Å². The van der Waals surface area contributed by atoms with Gasteiger partial charge in [0.05, 0.1) is 41.3 Å². The molecule has 0 spiro atoms. The Morgan fingerprint density at radius 3 is 1.21 bits per heavy atom. The Morgan fingerprint density at radius 1 is 0.643 bits per heavy atom. The predicted octanol–water partition coefficient (Wildman–Crippen LogP) is 2.66. The molecule has 8 nitrogen and oxygen atoms in total. The molecule has 0 aliphatic heterocycles. The Kier molecular flexibility index (Phi) is 9.15. The smallest absolute Gasteiger partial charge is 0.307 e. The van der Waals surface area contributed by atoms with Crippen LogP contribution < -0.4 is 18.9 Å². The number of methoxy groups -OCH3 is 4. The van der Waals surface area contributed by atoms with Gasteiger partial charge in [-0.25, -0.2) is 0 Å². The van der Waals surface area contributed by atoms with Crippen LogP contribution in [0.3, 0.4) is 0 Å². The van der Waals surface area contributed by atoms with Crippen LogP contribution in [0.4, 0.5) is 0 Å². The Labute approximate surface area is 163 Å². The van der Waals surface area contributed by atoms with Crippen molar-refractivity contribution in [2.75, 3.05) is 28.4 Å². The topological polar surface area (TPSA) is 112 Å². The van der Waals surface area contributed by atoms with Crippen LogP contribution in [-0.4, -0.2) is 50.6 Å². The van der Waals surface area contributed by atoms with Crippen LogP contribution in [0.2, 0.25) is 0 Å².